The van der Waals surface area contributed by atoms with Gasteiger partial charge in [0.1, 0.15) is 12.4 Å². The fraction of sp³-hybridized carbons (Fsp3) is 0.118. The minimum Gasteiger partial charge on any atom is -0.488 e. The summed E-state index contributed by atoms with van der Waals surface area (Å²) in [5, 5.41) is 9.13. The molecule has 0 fully saturated rings. The van der Waals surface area contributed by atoms with Crippen LogP contribution in [-0.2, 0) is 4.79 Å². The van der Waals surface area contributed by atoms with E-state index in [4.69, 9.17) is 21.4 Å². The molecule has 0 spiro atoms. The van der Waals surface area contributed by atoms with Crippen molar-refractivity contribution >= 4 is 23.6 Å². The van der Waals surface area contributed by atoms with Gasteiger partial charge in [-0.25, -0.2) is 4.79 Å². The molecule has 0 aromatic heterocycles. The van der Waals surface area contributed by atoms with Crippen LogP contribution in [0.5, 0.6) is 5.75 Å². The van der Waals surface area contributed by atoms with Gasteiger partial charge in [0.15, 0.2) is 0 Å². The molecule has 0 atom stereocenters. The Morgan fingerprint density at radius 3 is 2.81 bits per heavy atom. The van der Waals surface area contributed by atoms with Crippen molar-refractivity contribution in [2.75, 3.05) is 6.61 Å². The number of benzene rings is 1. The van der Waals surface area contributed by atoms with Crippen LogP contribution in [0.25, 0.3) is 6.08 Å². The van der Waals surface area contributed by atoms with Crippen LogP contribution >= 0.6 is 11.6 Å². The number of hydrogen-bond donors (Lipinski definition) is 1. The van der Waals surface area contributed by atoms with Gasteiger partial charge >= 0.3 is 5.97 Å². The maximum absolute atomic E-state index is 10.3. The van der Waals surface area contributed by atoms with Crippen LogP contribution in [0.3, 0.4) is 0 Å². The van der Waals surface area contributed by atoms with Crippen LogP contribution in [0.4, 0.5) is 0 Å². The Bertz CT molecular complexity index is 667. The maximum Gasteiger partial charge on any atom is 0.328 e. The number of carbonyl (C=O) groups is 1. The number of carboxylic acids is 1. The molecule has 1 aromatic carbocycles. The largest absolute Gasteiger partial charge is 0.488 e. The van der Waals surface area contributed by atoms with Gasteiger partial charge in [-0.2, -0.15) is 0 Å². The van der Waals surface area contributed by atoms with E-state index in [2.05, 4.69) is 0 Å². The molecule has 21 heavy (non-hydrogen) atoms. The minimum atomic E-state index is -0.962. The first kappa shape index (κ1) is 15.1. The summed E-state index contributed by atoms with van der Waals surface area (Å²) in [5.41, 5.74) is 3.02. The van der Waals surface area contributed by atoms with Gasteiger partial charge in [-0.15, -0.1) is 0 Å². The van der Waals surface area contributed by atoms with Crippen molar-refractivity contribution in [3.05, 3.63) is 70.3 Å². The minimum absolute atomic E-state index is 0.505. The summed E-state index contributed by atoms with van der Waals surface area (Å²) in [6.07, 6.45) is 11.8. The van der Waals surface area contributed by atoms with Crippen molar-refractivity contribution in [3.63, 3.8) is 0 Å². The van der Waals surface area contributed by atoms with Crippen molar-refractivity contribution in [3.8, 4) is 5.75 Å². The molecule has 0 aliphatic carbocycles. The van der Waals surface area contributed by atoms with Crippen molar-refractivity contribution in [2.45, 2.75) is 6.92 Å². The summed E-state index contributed by atoms with van der Waals surface area (Å²) in [4.78, 5) is 10.3. The molecule has 0 amide bonds. The van der Waals surface area contributed by atoms with Crippen molar-refractivity contribution in [2.24, 2.45) is 0 Å². The van der Waals surface area contributed by atoms with Gasteiger partial charge in [0, 0.05) is 16.7 Å². The zero-order valence-electron chi connectivity index (χ0n) is 11.5. The Hall–Kier alpha value is -2.26. The van der Waals surface area contributed by atoms with Gasteiger partial charge in [-0.05, 0) is 36.3 Å². The van der Waals surface area contributed by atoms with Crippen molar-refractivity contribution < 1.29 is 14.6 Å². The molecule has 3 nitrogen and oxygen atoms in total. The topological polar surface area (TPSA) is 46.5 Å². The third-order valence-electron chi connectivity index (χ3n) is 2.87. The fourth-order valence-electron chi connectivity index (χ4n) is 2.00. The predicted molar refractivity (Wildman–Crippen MR) is 84.7 cm³/mol. The zero-order chi connectivity index (χ0) is 15.2. The molecule has 1 heterocycles. The van der Waals surface area contributed by atoms with E-state index >= 15 is 0 Å². The molecule has 0 saturated carbocycles. The Labute approximate surface area is 128 Å². The van der Waals surface area contributed by atoms with E-state index in [1.807, 2.05) is 37.3 Å². The summed E-state index contributed by atoms with van der Waals surface area (Å²) in [6, 6.07) is 3.76. The molecule has 0 unspecified atom stereocenters. The molecule has 1 N–H and O–H groups in total. The smallest absolute Gasteiger partial charge is 0.328 e. The van der Waals surface area contributed by atoms with Crippen LogP contribution in [0.2, 0.25) is 5.02 Å². The van der Waals surface area contributed by atoms with Crippen LogP contribution in [0.1, 0.15) is 11.1 Å². The maximum atomic E-state index is 10.3. The number of carboxylic acid groups (broad SMARTS) is 1. The Balaban J connectivity index is 2.09. The van der Waals surface area contributed by atoms with Crippen LogP contribution in [0.15, 0.2) is 54.2 Å². The molecule has 1 aromatic rings. The third kappa shape index (κ3) is 4.36. The number of ether oxygens (including phenoxy) is 1. The summed E-state index contributed by atoms with van der Waals surface area (Å²) in [5.74, 6) is -0.0904. The molecular formula is C17H15ClO3. The van der Waals surface area contributed by atoms with E-state index < -0.39 is 5.97 Å². The lowest BCUT2D eigenvalue weighted by molar-refractivity contribution is -0.131. The highest BCUT2D eigenvalue weighted by atomic mass is 35.5. The van der Waals surface area contributed by atoms with Gasteiger partial charge in [0.2, 0.25) is 0 Å². The van der Waals surface area contributed by atoms with E-state index in [0.29, 0.717) is 11.6 Å². The molecule has 2 rings (SSSR count). The molecule has 4 heteroatoms. The van der Waals surface area contributed by atoms with Crippen LogP contribution < -0.4 is 4.74 Å². The first-order chi connectivity index (χ1) is 10.1. The number of fused-ring (bicyclic) bond motifs is 1. The van der Waals surface area contributed by atoms with Gasteiger partial charge in [-0.1, -0.05) is 42.0 Å². The van der Waals surface area contributed by atoms with E-state index in [9.17, 15) is 4.79 Å². The quantitative estimate of drug-likeness (QED) is 0.670. The van der Waals surface area contributed by atoms with Gasteiger partial charge in [-0.3, -0.25) is 0 Å². The molecule has 1 aliphatic rings. The van der Waals surface area contributed by atoms with Crippen molar-refractivity contribution in [1.82, 2.24) is 0 Å². The molecule has 0 radical (unpaired) electrons. The monoisotopic (exact) mass is 302 g/mol. The first-order valence-electron chi connectivity index (χ1n) is 6.44. The van der Waals surface area contributed by atoms with Gasteiger partial charge < -0.3 is 9.84 Å². The zero-order valence-corrected chi connectivity index (χ0v) is 12.3. The summed E-state index contributed by atoms with van der Waals surface area (Å²) in [6.45, 7) is 2.47. The average Bonchev–Trinajstić information content (AvgIpc) is 2.41. The molecule has 108 valence electrons. The van der Waals surface area contributed by atoms with Crippen LogP contribution in [0, 0.1) is 6.92 Å². The second-order valence-electron chi connectivity index (χ2n) is 4.59. The van der Waals surface area contributed by atoms with Crippen molar-refractivity contribution in [1.29, 1.82) is 0 Å². The fourth-order valence-corrected chi connectivity index (χ4v) is 2.28. The lowest BCUT2D eigenvalue weighted by Crippen LogP contribution is -2.07. The lowest BCUT2D eigenvalue weighted by atomic mass is 10.0. The molecular weight excluding hydrogens is 288 g/mol. The Morgan fingerprint density at radius 2 is 2.05 bits per heavy atom. The van der Waals surface area contributed by atoms with E-state index in [0.717, 1.165) is 28.5 Å². The molecule has 0 saturated heterocycles. The summed E-state index contributed by atoms with van der Waals surface area (Å²) in [7, 11) is 0. The van der Waals surface area contributed by atoms with E-state index in [1.165, 1.54) is 6.08 Å². The number of halogens is 1. The normalized spacial score (nSPS) is 14.5. The first-order valence-corrected chi connectivity index (χ1v) is 6.82. The lowest BCUT2D eigenvalue weighted by Gasteiger charge is -2.18. The van der Waals surface area contributed by atoms with Gasteiger partial charge in [0.25, 0.3) is 0 Å². The Morgan fingerprint density at radius 1 is 1.29 bits per heavy atom. The molecule has 1 aliphatic heterocycles. The van der Waals surface area contributed by atoms with E-state index in [1.54, 1.807) is 12.2 Å². The van der Waals surface area contributed by atoms with Crippen LogP contribution in [-0.4, -0.2) is 17.7 Å². The second-order valence-corrected chi connectivity index (χ2v) is 5.03. The van der Waals surface area contributed by atoms with Gasteiger partial charge in [0.05, 0.1) is 0 Å². The highest BCUT2D eigenvalue weighted by Crippen LogP contribution is 2.32. The van der Waals surface area contributed by atoms with E-state index in [-0.39, 0.29) is 0 Å². The Kier molecular flexibility index (Phi) is 5.01. The summed E-state index contributed by atoms with van der Waals surface area (Å²) < 4.78 is 5.74. The highest BCUT2D eigenvalue weighted by Gasteiger charge is 2.12. The molecule has 0 bridgehead atoms. The standard InChI is InChI=1S/C17H15ClO3/c1-12-8-15(18)10-14-9-13(11-21-17(12)14)6-4-2-3-5-7-16(19)20/h2-10H,11H2,1H3,(H,19,20). The average molecular weight is 303 g/mol. The summed E-state index contributed by atoms with van der Waals surface area (Å²) >= 11 is 6.05. The second kappa shape index (κ2) is 6.95. The number of hydrogen-bond acceptors (Lipinski definition) is 2. The number of allylic oxidation sites excluding steroid dienone is 4. The number of rotatable bonds is 4. The number of aliphatic carboxylic acids is 1. The number of aryl methyl sites for hydroxylation is 1. The third-order valence-corrected chi connectivity index (χ3v) is 3.09. The SMILES string of the molecule is Cc1cc(Cl)cc2c1OCC(C=CC=CC=CC(=O)O)=C2. The highest BCUT2D eigenvalue weighted by molar-refractivity contribution is 6.30. The predicted octanol–water partition coefficient (Wildman–Crippen LogP) is 4.18.